The lowest BCUT2D eigenvalue weighted by Crippen LogP contribution is -2.45. The number of anilines is 3. The lowest BCUT2D eigenvalue weighted by molar-refractivity contribution is -0.129. The minimum absolute atomic E-state index is 0.0400. The van der Waals surface area contributed by atoms with Gasteiger partial charge in [0.25, 0.3) is 17.7 Å². The van der Waals surface area contributed by atoms with Gasteiger partial charge in [0.2, 0.25) is 46.0 Å². The van der Waals surface area contributed by atoms with Gasteiger partial charge in [-0.05, 0) is 236 Å². The van der Waals surface area contributed by atoms with Gasteiger partial charge >= 0.3 is 0 Å². The van der Waals surface area contributed by atoms with Crippen LogP contribution in [-0.4, -0.2) is 168 Å². The number of amides is 4. The van der Waals surface area contributed by atoms with Gasteiger partial charge in [0, 0.05) is 89.1 Å². The van der Waals surface area contributed by atoms with Gasteiger partial charge in [0.1, 0.15) is 0 Å². The number of nitrogens with one attached hydrogen (secondary N) is 3. The van der Waals surface area contributed by atoms with Crippen molar-refractivity contribution >= 4 is 80.8 Å². The summed E-state index contributed by atoms with van der Waals surface area (Å²) in [4.78, 5) is 58.4. The molecule has 0 radical (unpaired) electrons. The van der Waals surface area contributed by atoms with Crippen LogP contribution in [0.25, 0.3) is 0 Å². The number of aryl methyl sites for hydroxylation is 4. The second kappa shape index (κ2) is 35.5. The van der Waals surface area contributed by atoms with Crippen LogP contribution in [-0.2, 0) is 44.9 Å². The van der Waals surface area contributed by atoms with E-state index in [2.05, 4.69) is 32.4 Å². The number of hydrogen-bond donors (Lipinski definition) is 3. The van der Waals surface area contributed by atoms with Crippen LogP contribution in [0, 0.1) is 61.7 Å². The summed E-state index contributed by atoms with van der Waals surface area (Å²) in [7, 11) is -14.3. The molecule has 6 aromatic rings. The van der Waals surface area contributed by atoms with Crippen LogP contribution in [0.1, 0.15) is 203 Å². The number of sulfonamides is 4. The molecule has 5 aliphatic heterocycles. The molecule has 5 aliphatic rings. The molecule has 27 heteroatoms. The molecule has 23 nitrogen and oxygen atoms in total. The number of nitrogens with zero attached hydrogens (tertiary/aromatic N) is 8. The number of nitriles is 3. The molecule has 5 fully saturated rings. The molecule has 0 unspecified atom stereocenters. The molecule has 0 saturated carbocycles. The summed E-state index contributed by atoms with van der Waals surface area (Å²) in [5.74, 6) is 0.734. The van der Waals surface area contributed by atoms with Gasteiger partial charge < -0.3 is 19.6 Å². The van der Waals surface area contributed by atoms with Crippen LogP contribution in [0.2, 0.25) is 0 Å². The largest absolute Gasteiger partial charge is 0.343 e. The predicted octanol–water partition coefficient (Wildman–Crippen LogP) is 11.8. The quantitative estimate of drug-likeness (QED) is 0.0720. The molecule has 4 amide bonds. The maximum absolute atomic E-state index is 13.3. The summed E-state index contributed by atoms with van der Waals surface area (Å²) in [6.45, 7) is 18.8. The lowest BCUT2D eigenvalue weighted by atomic mass is 9.88. The Balaban J connectivity index is 0.000000185. The monoisotopic (exact) mass is 1520 g/mol. The molecular formula is C79H97N11O12S4. The molecule has 0 aromatic heterocycles. The fourth-order valence-electron chi connectivity index (χ4n) is 14.3. The minimum Gasteiger partial charge on any atom is -0.343 e. The van der Waals surface area contributed by atoms with Crippen molar-refractivity contribution in [3.05, 3.63) is 194 Å². The van der Waals surface area contributed by atoms with Gasteiger partial charge in [-0.3, -0.25) is 33.3 Å². The van der Waals surface area contributed by atoms with Gasteiger partial charge in [-0.15, -0.1) is 0 Å². The average molecular weight is 1520 g/mol. The number of rotatable bonds is 18. The molecule has 0 bridgehead atoms. The topological polar surface area (TPSA) is 328 Å². The van der Waals surface area contributed by atoms with Crippen molar-refractivity contribution in [1.82, 2.24) is 23.9 Å². The molecule has 564 valence electrons. The Labute approximate surface area is 626 Å². The second-order valence-electron chi connectivity index (χ2n) is 28.6. The van der Waals surface area contributed by atoms with Crippen LogP contribution >= 0.6 is 0 Å². The number of hydrogen-bond acceptors (Lipinski definition) is 15. The van der Waals surface area contributed by atoms with Crippen molar-refractivity contribution in [2.75, 3.05) is 85.4 Å². The van der Waals surface area contributed by atoms with Crippen molar-refractivity contribution in [2.24, 2.45) is 0 Å². The first kappa shape index (κ1) is 80.9. The third-order valence-corrected chi connectivity index (χ3v) is 28.5. The van der Waals surface area contributed by atoms with Crippen molar-refractivity contribution in [3.63, 3.8) is 0 Å². The van der Waals surface area contributed by atoms with Crippen molar-refractivity contribution in [2.45, 2.75) is 160 Å². The highest BCUT2D eigenvalue weighted by atomic mass is 32.2. The van der Waals surface area contributed by atoms with Gasteiger partial charge in [-0.25, -0.2) is 38.0 Å². The van der Waals surface area contributed by atoms with E-state index in [-0.39, 0.29) is 55.3 Å². The van der Waals surface area contributed by atoms with Crippen LogP contribution in [0.3, 0.4) is 0 Å². The number of piperidine rings is 5. The summed E-state index contributed by atoms with van der Waals surface area (Å²) in [5, 5.41) is 25.1. The van der Waals surface area contributed by atoms with E-state index in [9.17, 15) is 52.8 Å². The van der Waals surface area contributed by atoms with E-state index in [1.807, 2.05) is 116 Å². The summed E-state index contributed by atoms with van der Waals surface area (Å²) in [5.41, 5.74) is 11.2. The SMILES string of the molecule is CC(=O)N1CCC(S(=O)(=O)Nc2cc(C(=O)N3CCC(c4ccc(C#N)cc4)CC3)ccc2C)CC1.CCCS(=O)(=O)Nc1cc(C(=O)N2CCC(c3ccc(C#N)cc3)CC2)c(C)cc1C.Cc1ccc(C(=O)N2CCC(c3ccc(C#N)cc3)CC2)cc1NS(=O)(=O)C1CCN(S(=O)(=O)C(C)C)CC1. The average Bonchev–Trinajstić information content (AvgIpc) is 0.739. The number of benzene rings is 6. The smallest absolute Gasteiger partial charge is 0.254 e. The zero-order chi connectivity index (χ0) is 76.8. The summed E-state index contributed by atoms with van der Waals surface area (Å²) >= 11 is 0. The van der Waals surface area contributed by atoms with Gasteiger partial charge in [-0.1, -0.05) is 61.5 Å². The first-order valence-corrected chi connectivity index (χ1v) is 42.6. The maximum atomic E-state index is 13.3. The van der Waals surface area contributed by atoms with Gasteiger partial charge in [0.15, 0.2) is 0 Å². The molecule has 3 N–H and O–H groups in total. The third kappa shape index (κ3) is 20.5. The third-order valence-electron chi connectivity index (χ3n) is 21.0. The molecule has 5 saturated heterocycles. The summed E-state index contributed by atoms with van der Waals surface area (Å²) < 4.78 is 111. The zero-order valence-corrected chi connectivity index (χ0v) is 64.9. The molecule has 106 heavy (non-hydrogen) atoms. The van der Waals surface area contributed by atoms with Crippen molar-refractivity contribution < 1.29 is 52.8 Å². The van der Waals surface area contributed by atoms with E-state index in [0.29, 0.717) is 145 Å². The fraction of sp³-hybridized carbons (Fsp3) is 0.456. The van der Waals surface area contributed by atoms with Crippen LogP contribution in [0.15, 0.2) is 121 Å². The Hall–Kier alpha value is -9.17. The van der Waals surface area contributed by atoms with Gasteiger partial charge in [0.05, 0.1) is 73.5 Å². The van der Waals surface area contributed by atoms with Crippen LogP contribution < -0.4 is 14.2 Å². The lowest BCUT2D eigenvalue weighted by Gasteiger charge is -2.33. The Bertz CT molecular complexity index is 4770. The first-order chi connectivity index (χ1) is 50.3. The standard InChI is InChI=1S/C28H36N4O5S2.C27H32N4O4S.C24H29N3O3S/c1-20(2)39(36,37)32-16-12-26(13-17-32)38(34,35)30-27-18-25(7-4-21(27)3)28(33)31-14-10-24(11-15-31)23-8-5-22(19-29)6-9-23;1-19-3-6-24(17-26(19)29-36(34,35)25-11-15-30(16-12-25)20(2)32)27(33)31-13-9-23(10-14-31)22-7-4-21(18-28)5-8-22;1-4-13-31(29,30)26-23-15-22(17(2)14-18(23)3)24(28)27-11-9-21(10-12-27)20-7-5-19(16-25)6-8-20/h4-9,18,20,24,26,30H,10-17H2,1-3H3;3-8,17,23,25,29H,9-16H2,1-2H3;5-8,14-15,21,26H,4,9-13H2,1-3H3. The normalized spacial score (nSPS) is 17.0. The Morgan fingerprint density at radius 3 is 1.10 bits per heavy atom. The van der Waals surface area contributed by atoms with E-state index in [1.54, 1.807) is 73.0 Å². The predicted molar refractivity (Wildman–Crippen MR) is 412 cm³/mol. The van der Waals surface area contributed by atoms with E-state index in [0.717, 1.165) is 55.2 Å². The Morgan fingerprint density at radius 2 is 0.764 bits per heavy atom. The molecule has 0 atom stereocenters. The Morgan fingerprint density at radius 1 is 0.425 bits per heavy atom. The van der Waals surface area contributed by atoms with Crippen molar-refractivity contribution in [3.8, 4) is 18.2 Å². The molecule has 0 aliphatic carbocycles. The van der Waals surface area contributed by atoms with Crippen molar-refractivity contribution in [1.29, 1.82) is 15.8 Å². The van der Waals surface area contributed by atoms with E-state index in [1.165, 1.54) is 27.9 Å². The van der Waals surface area contributed by atoms with Crippen LogP contribution in [0.4, 0.5) is 17.1 Å². The molecule has 11 rings (SSSR count). The van der Waals surface area contributed by atoms with Crippen LogP contribution in [0.5, 0.6) is 0 Å². The van der Waals surface area contributed by atoms with E-state index >= 15 is 0 Å². The zero-order valence-electron chi connectivity index (χ0n) is 61.7. The van der Waals surface area contributed by atoms with E-state index in [4.69, 9.17) is 15.8 Å². The molecule has 5 heterocycles. The highest BCUT2D eigenvalue weighted by Gasteiger charge is 2.37. The first-order valence-electron chi connectivity index (χ1n) is 36.3. The second-order valence-corrected chi connectivity index (χ2v) is 36.8. The summed E-state index contributed by atoms with van der Waals surface area (Å²) in [6.07, 6.45) is 6.76. The number of carbonyl (C=O) groups is 4. The number of likely N-dealkylation sites (tertiary alicyclic amines) is 4. The highest BCUT2D eigenvalue weighted by molar-refractivity contribution is 7.93. The van der Waals surface area contributed by atoms with Gasteiger partial charge in [-0.2, -0.15) is 15.8 Å². The molecule has 6 aromatic carbocycles. The number of carbonyl (C=O) groups excluding carboxylic acids is 4. The highest BCUT2D eigenvalue weighted by Crippen LogP contribution is 2.35. The maximum Gasteiger partial charge on any atom is 0.254 e. The molecular weight excluding hydrogens is 1420 g/mol. The molecule has 0 spiro atoms. The summed E-state index contributed by atoms with van der Waals surface area (Å²) in [6, 6.07) is 43.0. The fourth-order valence-corrected chi connectivity index (χ4v) is 19.9. The minimum atomic E-state index is -3.77. The van der Waals surface area contributed by atoms with E-state index < -0.39 is 55.8 Å². The Kier molecular flexibility index (Phi) is 27.1.